The van der Waals surface area contributed by atoms with E-state index in [1.807, 2.05) is 64.1 Å². The Kier molecular flexibility index (Phi) is 11.0. The van der Waals surface area contributed by atoms with Crippen LogP contribution in [-0.2, 0) is 24.7 Å². The molecule has 0 bridgehead atoms. The van der Waals surface area contributed by atoms with Crippen molar-refractivity contribution in [2.75, 3.05) is 0 Å². The minimum atomic E-state index is -5.35. The summed E-state index contributed by atoms with van der Waals surface area (Å²) in [5.41, 5.74) is -1.15. The Balaban J connectivity index is 1.82. The summed E-state index contributed by atoms with van der Waals surface area (Å²) in [4.78, 5) is 0. The van der Waals surface area contributed by atoms with Gasteiger partial charge in [-0.25, -0.2) is 0 Å². The van der Waals surface area contributed by atoms with Crippen molar-refractivity contribution in [2.45, 2.75) is 65.0 Å². The number of halogens is 12. The zero-order valence-electron chi connectivity index (χ0n) is 28.5. The quantitative estimate of drug-likeness (QED) is 0.0994. The third-order valence-electron chi connectivity index (χ3n) is 8.35. The smallest absolute Gasteiger partial charge is 0.166 e. The van der Waals surface area contributed by atoms with Crippen molar-refractivity contribution in [1.29, 1.82) is 0 Å². The van der Waals surface area contributed by atoms with Gasteiger partial charge in [0.25, 0.3) is 0 Å². The van der Waals surface area contributed by atoms with Gasteiger partial charge in [0, 0.05) is 11.0 Å². The molecule has 1 aliphatic rings. The van der Waals surface area contributed by atoms with E-state index in [2.05, 4.69) is 11.8 Å². The lowest BCUT2D eigenvalue weighted by Gasteiger charge is -2.32. The summed E-state index contributed by atoms with van der Waals surface area (Å²) in [6, 6.07) is 12.7. The largest absolute Gasteiger partial charge is 0.416 e. The van der Waals surface area contributed by atoms with Gasteiger partial charge in [0.15, 0.2) is 0 Å². The predicted molar refractivity (Wildman–Crippen MR) is 185 cm³/mol. The number of hydrogen-bond donors (Lipinski definition) is 0. The van der Waals surface area contributed by atoms with Crippen molar-refractivity contribution in [3.05, 3.63) is 146 Å². The maximum Gasteiger partial charge on any atom is 0.416 e. The van der Waals surface area contributed by atoms with Crippen LogP contribution < -0.4 is 21.2 Å². The van der Waals surface area contributed by atoms with Crippen LogP contribution in [0.2, 0.25) is 0 Å². The van der Waals surface area contributed by atoms with Gasteiger partial charge in [-0.2, -0.15) is 52.7 Å². The molecule has 0 spiro atoms. The molecule has 0 aliphatic heterocycles. The molecule has 5 rings (SSSR count). The molecule has 53 heavy (non-hydrogen) atoms. The molecule has 279 valence electrons. The fourth-order valence-corrected chi connectivity index (χ4v) is 12.0. The van der Waals surface area contributed by atoms with Gasteiger partial charge in [-0.1, -0.05) is 65.6 Å². The van der Waals surface area contributed by atoms with Gasteiger partial charge in [-0.05, 0) is 119 Å². The third-order valence-corrected chi connectivity index (χ3v) is 13.4. The van der Waals surface area contributed by atoms with E-state index in [9.17, 15) is 52.7 Å². The molecule has 14 heteroatoms. The minimum Gasteiger partial charge on any atom is -0.166 e. The summed E-state index contributed by atoms with van der Waals surface area (Å²) in [5.74, 6) is 0. The van der Waals surface area contributed by atoms with Gasteiger partial charge in [0.05, 0.1) is 22.3 Å². The van der Waals surface area contributed by atoms with Crippen molar-refractivity contribution in [3.8, 4) is 0 Å². The summed E-state index contributed by atoms with van der Waals surface area (Å²) >= 11 is 0. The number of hydrogen-bond acceptors (Lipinski definition) is 0. The average molecular weight is 788 g/mol. The van der Waals surface area contributed by atoms with Crippen LogP contribution in [0.5, 0.6) is 0 Å². The zero-order chi connectivity index (χ0) is 39.4. The van der Waals surface area contributed by atoms with Crippen LogP contribution in [0.1, 0.15) is 51.4 Å². The minimum absolute atomic E-state index is 0.145. The summed E-state index contributed by atoms with van der Waals surface area (Å²) in [6.45, 7) is 9.25. The molecule has 0 nitrogen and oxygen atoms in total. The second-order valence-electron chi connectivity index (χ2n) is 12.8. The fourth-order valence-electron chi connectivity index (χ4n) is 6.28. The molecule has 0 saturated carbocycles. The Bertz CT molecular complexity index is 1910. The highest BCUT2D eigenvalue weighted by molar-refractivity contribution is 7.77. The van der Waals surface area contributed by atoms with E-state index >= 15 is 0 Å². The maximum absolute atomic E-state index is 14.1. The van der Waals surface area contributed by atoms with E-state index in [1.165, 1.54) is 6.08 Å². The van der Waals surface area contributed by atoms with E-state index in [-0.39, 0.29) is 23.0 Å². The van der Waals surface area contributed by atoms with Gasteiger partial charge in [-0.3, -0.25) is 0 Å². The SMILES string of the molecule is Cc1cc(C)cc(P(c2cc(C)cc(C)c2)[C@H](C)C2=[C]C=C=C2P(c2cc(C(F)(F)F)cc(C(F)(F)F)c2)c2cc(C(F)(F)F)cc(C(F)(F)F)c2)c1. The van der Waals surface area contributed by atoms with Crippen molar-refractivity contribution in [3.63, 3.8) is 0 Å². The Hall–Kier alpha value is -3.84. The Labute approximate surface area is 300 Å². The van der Waals surface area contributed by atoms with Crippen LogP contribution in [-0.4, -0.2) is 5.66 Å². The molecule has 0 amide bonds. The lowest BCUT2D eigenvalue weighted by atomic mass is 10.1. The fraction of sp³-hybridized carbons (Fsp3) is 0.256. The first kappa shape index (κ1) is 40.3. The maximum atomic E-state index is 14.1. The van der Waals surface area contributed by atoms with E-state index in [0.29, 0.717) is 24.3 Å². The van der Waals surface area contributed by atoms with Crippen LogP contribution in [0.15, 0.2) is 95.5 Å². The highest BCUT2D eigenvalue weighted by Crippen LogP contribution is 2.55. The first-order valence-corrected chi connectivity index (χ1v) is 18.5. The Morgan fingerprint density at radius 3 is 1.08 bits per heavy atom. The number of allylic oxidation sites excluding steroid dienone is 3. The Morgan fingerprint density at radius 2 is 0.774 bits per heavy atom. The molecular formula is C39H29F12P2. The highest BCUT2D eigenvalue weighted by atomic mass is 31.1. The van der Waals surface area contributed by atoms with E-state index in [4.69, 9.17) is 0 Å². The standard InChI is InChI=1S/C39H29F12P2/c1-21-9-22(2)12-30(11-21)52(31-13-23(3)10-24(4)14-31)25(5)34-7-6-8-35(34)53(32-17-26(36(40,41)42)15-27(18-32)37(43,44)45)33-19-28(38(46,47)48)16-29(20-33)39(49,50)51/h6,9-20,25H,1-5H3/t25-/m1/s1. The first-order valence-electron chi connectivity index (χ1n) is 15.8. The van der Waals surface area contributed by atoms with Crippen LogP contribution >= 0.6 is 15.8 Å². The van der Waals surface area contributed by atoms with Gasteiger partial charge in [-0.15, -0.1) is 5.73 Å². The zero-order valence-corrected chi connectivity index (χ0v) is 30.3. The summed E-state index contributed by atoms with van der Waals surface area (Å²) in [6.07, 6.45) is -17.2. The number of aryl methyl sites for hydroxylation is 4. The summed E-state index contributed by atoms with van der Waals surface area (Å²) < 4.78 is 170. The van der Waals surface area contributed by atoms with Crippen LogP contribution in [0.4, 0.5) is 52.7 Å². The molecule has 0 unspecified atom stereocenters. The van der Waals surface area contributed by atoms with Gasteiger partial charge in [0.1, 0.15) is 0 Å². The van der Waals surface area contributed by atoms with E-state index in [0.717, 1.165) is 32.9 Å². The van der Waals surface area contributed by atoms with Gasteiger partial charge in [0.2, 0.25) is 0 Å². The molecular weight excluding hydrogens is 758 g/mol. The second-order valence-corrected chi connectivity index (χ2v) is 17.5. The lowest BCUT2D eigenvalue weighted by molar-refractivity contribution is -0.144. The predicted octanol–water partition coefficient (Wildman–Crippen LogP) is 11.7. The molecule has 0 heterocycles. The van der Waals surface area contributed by atoms with Crippen molar-refractivity contribution in [1.82, 2.24) is 0 Å². The summed E-state index contributed by atoms with van der Waals surface area (Å²) in [7, 11) is -4.45. The molecule has 4 aromatic carbocycles. The number of alkyl halides is 12. The van der Waals surface area contributed by atoms with Gasteiger partial charge < -0.3 is 0 Å². The molecule has 0 aromatic heterocycles. The monoisotopic (exact) mass is 787 g/mol. The van der Waals surface area contributed by atoms with Crippen molar-refractivity contribution in [2.24, 2.45) is 0 Å². The second kappa shape index (κ2) is 14.4. The molecule has 1 radical (unpaired) electrons. The molecule has 1 aliphatic carbocycles. The molecule has 0 fully saturated rings. The summed E-state index contributed by atoms with van der Waals surface area (Å²) in [5, 5.41) is 0.0177. The molecule has 4 aromatic rings. The number of rotatable bonds is 7. The average Bonchev–Trinajstić information content (AvgIpc) is 3.48. The molecule has 0 saturated heterocycles. The topological polar surface area (TPSA) is 0 Å². The van der Waals surface area contributed by atoms with Crippen LogP contribution in [0, 0.1) is 33.8 Å². The van der Waals surface area contributed by atoms with E-state index in [1.54, 1.807) is 6.92 Å². The van der Waals surface area contributed by atoms with Gasteiger partial charge >= 0.3 is 24.7 Å². The highest BCUT2D eigenvalue weighted by Gasteiger charge is 2.42. The molecule has 0 N–H and O–H groups in total. The first-order chi connectivity index (χ1) is 24.3. The molecule has 1 atom stereocenters. The van der Waals surface area contributed by atoms with Crippen LogP contribution in [0.3, 0.4) is 0 Å². The normalized spacial score (nSPS) is 14.6. The number of benzene rings is 4. The van der Waals surface area contributed by atoms with Crippen molar-refractivity contribution < 1.29 is 52.7 Å². The van der Waals surface area contributed by atoms with Crippen molar-refractivity contribution >= 4 is 37.1 Å². The van der Waals surface area contributed by atoms with E-state index < -0.39 is 79.1 Å². The third kappa shape index (κ3) is 9.11. The van der Waals surface area contributed by atoms with Crippen LogP contribution in [0.25, 0.3) is 0 Å². The lowest BCUT2D eigenvalue weighted by Crippen LogP contribution is -2.25. The Morgan fingerprint density at radius 1 is 0.453 bits per heavy atom.